The van der Waals surface area contributed by atoms with Crippen molar-refractivity contribution in [3.05, 3.63) is 53.3 Å². The molecule has 0 aliphatic carbocycles. The summed E-state index contributed by atoms with van der Waals surface area (Å²) in [7, 11) is 0. The van der Waals surface area contributed by atoms with Crippen LogP contribution < -0.4 is 5.32 Å². The molecule has 3 heteroatoms. The van der Waals surface area contributed by atoms with Crippen LogP contribution in [-0.4, -0.2) is 16.3 Å². The second-order valence-electron chi connectivity index (χ2n) is 4.51. The molecule has 0 atom stereocenters. The van der Waals surface area contributed by atoms with Crippen LogP contribution in [0.15, 0.2) is 36.4 Å². The minimum Gasteiger partial charge on any atom is -0.311 e. The maximum atomic E-state index is 4.44. The predicted octanol–water partition coefficient (Wildman–Crippen LogP) is 2.54. The summed E-state index contributed by atoms with van der Waals surface area (Å²) in [5, 5.41) is 7.92. The molecule has 0 bridgehead atoms. The maximum absolute atomic E-state index is 4.44. The van der Waals surface area contributed by atoms with E-state index in [2.05, 4.69) is 58.4 Å². The molecule has 0 radical (unpaired) electrons. The second-order valence-corrected chi connectivity index (χ2v) is 4.51. The Balaban J connectivity index is 1.78. The van der Waals surface area contributed by atoms with Crippen molar-refractivity contribution in [2.75, 3.05) is 6.54 Å². The quantitative estimate of drug-likeness (QED) is 0.790. The Bertz CT molecular complexity index is 474. The number of aryl methyl sites for hydroxylation is 2. The minimum absolute atomic E-state index is 0.890. The zero-order chi connectivity index (χ0) is 12.8. The van der Waals surface area contributed by atoms with Gasteiger partial charge in [-0.25, -0.2) is 0 Å². The Labute approximate surface area is 109 Å². The third-order valence-electron chi connectivity index (χ3n) is 3.02. The fraction of sp³-hybridized carbons (Fsp3) is 0.400. The summed E-state index contributed by atoms with van der Waals surface area (Å²) >= 11 is 0. The number of hydrogen-bond donors (Lipinski definition) is 1. The first-order chi connectivity index (χ1) is 8.79. The highest BCUT2D eigenvalue weighted by Crippen LogP contribution is 2.03. The molecule has 0 saturated carbocycles. The van der Waals surface area contributed by atoms with Gasteiger partial charge in [-0.2, -0.15) is 5.10 Å². The summed E-state index contributed by atoms with van der Waals surface area (Å²) in [4.78, 5) is 0. The number of hydrogen-bond acceptors (Lipinski definition) is 2. The topological polar surface area (TPSA) is 29.9 Å². The highest BCUT2D eigenvalue weighted by Gasteiger charge is 2.02. The van der Waals surface area contributed by atoms with E-state index < -0.39 is 0 Å². The lowest BCUT2D eigenvalue weighted by Crippen LogP contribution is -2.19. The second kappa shape index (κ2) is 6.36. The SMILES string of the molecule is CCn1nc(C)cc1CNCCc1ccccc1. The number of benzene rings is 1. The van der Waals surface area contributed by atoms with E-state index in [1.165, 1.54) is 11.3 Å². The van der Waals surface area contributed by atoms with Crippen molar-refractivity contribution in [3.8, 4) is 0 Å². The van der Waals surface area contributed by atoms with Crippen molar-refractivity contribution in [3.63, 3.8) is 0 Å². The van der Waals surface area contributed by atoms with Gasteiger partial charge >= 0.3 is 0 Å². The van der Waals surface area contributed by atoms with Crippen LogP contribution in [0.1, 0.15) is 23.9 Å². The number of aromatic nitrogens is 2. The Hall–Kier alpha value is -1.61. The molecule has 0 fully saturated rings. The molecular formula is C15H21N3. The predicted molar refractivity (Wildman–Crippen MR) is 74.5 cm³/mol. The molecule has 0 aliphatic rings. The average molecular weight is 243 g/mol. The molecule has 96 valence electrons. The third kappa shape index (κ3) is 3.44. The Morgan fingerprint density at radius 2 is 2.00 bits per heavy atom. The smallest absolute Gasteiger partial charge is 0.0597 e. The van der Waals surface area contributed by atoms with E-state index in [-0.39, 0.29) is 0 Å². The van der Waals surface area contributed by atoms with Gasteiger partial charge in [-0.3, -0.25) is 4.68 Å². The van der Waals surface area contributed by atoms with Gasteiger partial charge in [-0.15, -0.1) is 0 Å². The summed E-state index contributed by atoms with van der Waals surface area (Å²) in [5.41, 5.74) is 3.74. The standard InChI is InChI=1S/C15H21N3/c1-3-18-15(11-13(2)17-18)12-16-10-9-14-7-5-4-6-8-14/h4-8,11,16H,3,9-10,12H2,1-2H3. The summed E-state index contributed by atoms with van der Waals surface area (Å²) in [6.07, 6.45) is 1.07. The van der Waals surface area contributed by atoms with Gasteiger partial charge in [0.25, 0.3) is 0 Å². The van der Waals surface area contributed by atoms with Crippen LogP contribution in [0.3, 0.4) is 0 Å². The maximum Gasteiger partial charge on any atom is 0.0597 e. The first kappa shape index (κ1) is 12.8. The van der Waals surface area contributed by atoms with E-state index in [1.807, 2.05) is 6.92 Å². The summed E-state index contributed by atoms with van der Waals surface area (Å²) in [6.45, 7) is 6.99. The van der Waals surface area contributed by atoms with Gasteiger partial charge in [0.2, 0.25) is 0 Å². The zero-order valence-corrected chi connectivity index (χ0v) is 11.2. The molecule has 0 amide bonds. The molecule has 0 saturated heterocycles. The molecule has 0 spiro atoms. The van der Waals surface area contributed by atoms with Crippen LogP contribution in [0.25, 0.3) is 0 Å². The van der Waals surface area contributed by atoms with Crippen molar-refractivity contribution in [1.82, 2.24) is 15.1 Å². The molecule has 18 heavy (non-hydrogen) atoms. The Morgan fingerprint density at radius 1 is 1.22 bits per heavy atom. The van der Waals surface area contributed by atoms with Crippen molar-refractivity contribution in [2.45, 2.75) is 33.4 Å². The lowest BCUT2D eigenvalue weighted by atomic mass is 10.1. The Kier molecular flexibility index (Phi) is 4.53. The van der Waals surface area contributed by atoms with Crippen LogP contribution in [0, 0.1) is 6.92 Å². The van der Waals surface area contributed by atoms with Gasteiger partial charge in [0.05, 0.1) is 11.4 Å². The summed E-state index contributed by atoms with van der Waals surface area (Å²) in [5.74, 6) is 0. The van der Waals surface area contributed by atoms with Gasteiger partial charge < -0.3 is 5.32 Å². The van der Waals surface area contributed by atoms with E-state index >= 15 is 0 Å². The van der Waals surface area contributed by atoms with Gasteiger partial charge in [-0.05, 0) is 38.4 Å². The molecule has 2 aromatic rings. The number of nitrogens with zero attached hydrogens (tertiary/aromatic N) is 2. The van der Waals surface area contributed by atoms with Gasteiger partial charge in [0.1, 0.15) is 0 Å². The first-order valence-corrected chi connectivity index (χ1v) is 6.57. The van der Waals surface area contributed by atoms with Crippen LogP contribution >= 0.6 is 0 Å². The first-order valence-electron chi connectivity index (χ1n) is 6.57. The normalized spacial score (nSPS) is 10.8. The van der Waals surface area contributed by atoms with E-state index in [0.717, 1.165) is 31.7 Å². The highest BCUT2D eigenvalue weighted by molar-refractivity contribution is 5.15. The largest absolute Gasteiger partial charge is 0.311 e. The van der Waals surface area contributed by atoms with Gasteiger partial charge in [-0.1, -0.05) is 30.3 Å². The van der Waals surface area contributed by atoms with Crippen molar-refractivity contribution in [1.29, 1.82) is 0 Å². The summed E-state index contributed by atoms with van der Waals surface area (Å²) < 4.78 is 2.06. The monoisotopic (exact) mass is 243 g/mol. The number of nitrogens with one attached hydrogen (secondary N) is 1. The van der Waals surface area contributed by atoms with Crippen LogP contribution in [0.4, 0.5) is 0 Å². The molecule has 0 aliphatic heterocycles. The molecule has 1 aromatic carbocycles. The fourth-order valence-corrected chi connectivity index (χ4v) is 2.11. The van der Waals surface area contributed by atoms with E-state index in [0.29, 0.717) is 0 Å². The third-order valence-corrected chi connectivity index (χ3v) is 3.02. The Morgan fingerprint density at radius 3 is 2.72 bits per heavy atom. The van der Waals surface area contributed by atoms with Crippen LogP contribution in [0.2, 0.25) is 0 Å². The van der Waals surface area contributed by atoms with Crippen molar-refractivity contribution in [2.24, 2.45) is 0 Å². The highest BCUT2D eigenvalue weighted by atomic mass is 15.3. The molecule has 1 N–H and O–H groups in total. The number of rotatable bonds is 6. The molecular weight excluding hydrogens is 222 g/mol. The lowest BCUT2D eigenvalue weighted by molar-refractivity contribution is 0.580. The van der Waals surface area contributed by atoms with Crippen LogP contribution in [0.5, 0.6) is 0 Å². The van der Waals surface area contributed by atoms with Crippen molar-refractivity contribution < 1.29 is 0 Å². The zero-order valence-electron chi connectivity index (χ0n) is 11.2. The molecule has 0 unspecified atom stereocenters. The molecule has 3 nitrogen and oxygen atoms in total. The van der Waals surface area contributed by atoms with E-state index in [4.69, 9.17) is 0 Å². The molecule has 2 rings (SSSR count). The summed E-state index contributed by atoms with van der Waals surface area (Å²) in [6, 6.07) is 12.7. The minimum atomic E-state index is 0.890. The van der Waals surface area contributed by atoms with Gasteiger partial charge in [0.15, 0.2) is 0 Å². The van der Waals surface area contributed by atoms with Gasteiger partial charge in [0, 0.05) is 13.1 Å². The van der Waals surface area contributed by atoms with E-state index in [9.17, 15) is 0 Å². The van der Waals surface area contributed by atoms with Crippen molar-refractivity contribution >= 4 is 0 Å². The lowest BCUT2D eigenvalue weighted by Gasteiger charge is -2.06. The van der Waals surface area contributed by atoms with E-state index in [1.54, 1.807) is 0 Å². The molecule has 1 aromatic heterocycles. The average Bonchev–Trinajstić information content (AvgIpc) is 2.76. The molecule has 1 heterocycles. The fourth-order valence-electron chi connectivity index (χ4n) is 2.11. The van der Waals surface area contributed by atoms with Crippen LogP contribution in [-0.2, 0) is 19.5 Å².